The molecule has 2 aromatic heterocycles. The molecule has 0 saturated carbocycles. The van der Waals surface area contributed by atoms with Gasteiger partial charge in [-0.25, -0.2) is 4.68 Å². The van der Waals surface area contributed by atoms with Crippen LogP contribution in [0.15, 0.2) is 12.4 Å². The Hall–Kier alpha value is -1.98. The van der Waals surface area contributed by atoms with Crippen LogP contribution in [0.4, 0.5) is 5.69 Å². The summed E-state index contributed by atoms with van der Waals surface area (Å²) < 4.78 is 9.49. The number of aryl methyl sites for hydroxylation is 2. The first-order chi connectivity index (χ1) is 9.02. The Morgan fingerprint density at radius 3 is 2.79 bits per heavy atom. The normalized spacial score (nSPS) is 11.2. The highest BCUT2D eigenvalue weighted by Crippen LogP contribution is 2.31. The monoisotopic (exact) mass is 263 g/mol. The van der Waals surface area contributed by atoms with E-state index >= 15 is 0 Å². The van der Waals surface area contributed by atoms with Gasteiger partial charge in [0.05, 0.1) is 24.1 Å². The molecule has 0 fully saturated rings. The van der Waals surface area contributed by atoms with E-state index in [-0.39, 0.29) is 6.04 Å². The minimum atomic E-state index is 0.191. The number of nitrogens with zero attached hydrogens (tertiary/aromatic N) is 4. The first-order valence-electron chi connectivity index (χ1n) is 6.57. The Morgan fingerprint density at radius 1 is 1.42 bits per heavy atom. The van der Waals surface area contributed by atoms with Gasteiger partial charge in [-0.15, -0.1) is 0 Å². The first kappa shape index (κ1) is 13.5. The predicted molar refractivity (Wildman–Crippen MR) is 74.4 cm³/mol. The van der Waals surface area contributed by atoms with E-state index in [1.54, 1.807) is 10.9 Å². The zero-order valence-electron chi connectivity index (χ0n) is 11.9. The zero-order valence-corrected chi connectivity index (χ0v) is 11.9. The fourth-order valence-electron chi connectivity index (χ4n) is 1.85. The van der Waals surface area contributed by atoms with Crippen molar-refractivity contribution >= 4 is 5.69 Å². The van der Waals surface area contributed by atoms with Gasteiger partial charge in [0.1, 0.15) is 5.69 Å². The Morgan fingerprint density at radius 2 is 2.16 bits per heavy atom. The molecule has 0 radical (unpaired) electrons. The quantitative estimate of drug-likeness (QED) is 0.900. The molecule has 0 unspecified atom stereocenters. The Kier molecular flexibility index (Phi) is 3.78. The second-order valence-corrected chi connectivity index (χ2v) is 4.88. The number of nitrogen functional groups attached to an aromatic ring is 1. The standard InChI is InChI=1S/C13H21N5O/c1-5-6-17-8-11(7-15-17)19-13-12(14)10(4)16-18(13)9(2)3/h7-9H,5-6,14H2,1-4H3. The van der Waals surface area contributed by atoms with Gasteiger partial charge in [-0.3, -0.25) is 4.68 Å². The molecule has 104 valence electrons. The van der Waals surface area contributed by atoms with E-state index in [9.17, 15) is 0 Å². The van der Waals surface area contributed by atoms with Crippen molar-refractivity contribution < 1.29 is 4.74 Å². The summed E-state index contributed by atoms with van der Waals surface area (Å²) in [4.78, 5) is 0. The average Bonchev–Trinajstić information content (AvgIpc) is 2.90. The molecular formula is C13H21N5O. The first-order valence-corrected chi connectivity index (χ1v) is 6.57. The average molecular weight is 263 g/mol. The molecule has 6 nitrogen and oxygen atoms in total. The van der Waals surface area contributed by atoms with Crippen molar-refractivity contribution in [2.24, 2.45) is 0 Å². The van der Waals surface area contributed by atoms with Gasteiger partial charge in [0, 0.05) is 6.54 Å². The smallest absolute Gasteiger partial charge is 0.241 e. The number of ether oxygens (including phenoxy) is 1. The Labute approximate surface area is 113 Å². The lowest BCUT2D eigenvalue weighted by Gasteiger charge is -2.10. The summed E-state index contributed by atoms with van der Waals surface area (Å²) in [6, 6.07) is 0.191. The zero-order chi connectivity index (χ0) is 14.0. The van der Waals surface area contributed by atoms with Crippen LogP contribution in [0.2, 0.25) is 0 Å². The summed E-state index contributed by atoms with van der Waals surface area (Å²) in [5.41, 5.74) is 7.38. The van der Waals surface area contributed by atoms with Gasteiger partial charge in [0.15, 0.2) is 5.75 Å². The highest BCUT2D eigenvalue weighted by Gasteiger charge is 2.17. The highest BCUT2D eigenvalue weighted by atomic mass is 16.5. The molecule has 0 aliphatic rings. The molecule has 0 bridgehead atoms. The van der Waals surface area contributed by atoms with Crippen LogP contribution in [0, 0.1) is 6.92 Å². The molecule has 2 N–H and O–H groups in total. The van der Waals surface area contributed by atoms with Crippen molar-refractivity contribution in [2.75, 3.05) is 5.73 Å². The van der Waals surface area contributed by atoms with E-state index in [1.165, 1.54) is 0 Å². The van der Waals surface area contributed by atoms with Gasteiger partial charge >= 0.3 is 0 Å². The highest BCUT2D eigenvalue weighted by molar-refractivity contribution is 5.53. The topological polar surface area (TPSA) is 70.9 Å². The third kappa shape index (κ3) is 2.72. The molecule has 0 atom stereocenters. The number of nitrogens with two attached hydrogens (primary N) is 1. The molecule has 0 saturated heterocycles. The second kappa shape index (κ2) is 5.34. The molecular weight excluding hydrogens is 242 g/mol. The molecule has 0 aromatic carbocycles. The molecule has 0 spiro atoms. The summed E-state index contributed by atoms with van der Waals surface area (Å²) in [7, 11) is 0. The lowest BCUT2D eigenvalue weighted by atomic mass is 10.4. The van der Waals surface area contributed by atoms with Crippen LogP contribution in [0.3, 0.4) is 0 Å². The van der Waals surface area contributed by atoms with E-state index in [0.717, 1.165) is 18.7 Å². The van der Waals surface area contributed by atoms with Crippen molar-refractivity contribution in [2.45, 2.75) is 46.7 Å². The van der Waals surface area contributed by atoms with Crippen LogP contribution in [0.5, 0.6) is 11.6 Å². The fraction of sp³-hybridized carbons (Fsp3) is 0.538. The molecule has 0 aliphatic carbocycles. The lowest BCUT2D eigenvalue weighted by molar-refractivity contribution is 0.389. The fourth-order valence-corrected chi connectivity index (χ4v) is 1.85. The third-order valence-corrected chi connectivity index (χ3v) is 2.85. The van der Waals surface area contributed by atoms with E-state index in [2.05, 4.69) is 17.1 Å². The van der Waals surface area contributed by atoms with Crippen LogP contribution in [-0.4, -0.2) is 19.6 Å². The van der Waals surface area contributed by atoms with Gasteiger partial charge in [-0.1, -0.05) is 6.92 Å². The van der Waals surface area contributed by atoms with Crippen LogP contribution in [-0.2, 0) is 6.54 Å². The van der Waals surface area contributed by atoms with Crippen LogP contribution in [0.25, 0.3) is 0 Å². The van der Waals surface area contributed by atoms with E-state index < -0.39 is 0 Å². The molecule has 6 heteroatoms. The minimum Gasteiger partial charge on any atom is -0.434 e. The summed E-state index contributed by atoms with van der Waals surface area (Å²) >= 11 is 0. The molecule has 19 heavy (non-hydrogen) atoms. The SMILES string of the molecule is CCCn1cc(Oc2c(N)c(C)nn2C(C)C)cn1. The second-order valence-electron chi connectivity index (χ2n) is 4.88. The Balaban J connectivity index is 2.26. The molecule has 2 heterocycles. The van der Waals surface area contributed by atoms with Crippen molar-refractivity contribution in [3.63, 3.8) is 0 Å². The van der Waals surface area contributed by atoms with E-state index in [1.807, 2.05) is 31.6 Å². The van der Waals surface area contributed by atoms with Gasteiger partial charge in [0.2, 0.25) is 5.88 Å². The van der Waals surface area contributed by atoms with Crippen molar-refractivity contribution in [3.05, 3.63) is 18.1 Å². The van der Waals surface area contributed by atoms with E-state index in [4.69, 9.17) is 10.5 Å². The van der Waals surface area contributed by atoms with Gasteiger partial charge in [0.25, 0.3) is 0 Å². The van der Waals surface area contributed by atoms with Crippen molar-refractivity contribution in [1.29, 1.82) is 0 Å². The van der Waals surface area contributed by atoms with Crippen molar-refractivity contribution in [3.8, 4) is 11.6 Å². The van der Waals surface area contributed by atoms with Gasteiger partial charge in [-0.2, -0.15) is 10.2 Å². The maximum Gasteiger partial charge on any atom is 0.241 e. The number of anilines is 1. The summed E-state index contributed by atoms with van der Waals surface area (Å²) in [5, 5.41) is 8.62. The maximum absolute atomic E-state index is 6.02. The Bertz CT molecular complexity index is 555. The molecule has 0 aliphatic heterocycles. The summed E-state index contributed by atoms with van der Waals surface area (Å²) in [6.07, 6.45) is 4.60. The van der Waals surface area contributed by atoms with Gasteiger partial charge < -0.3 is 10.5 Å². The van der Waals surface area contributed by atoms with Crippen LogP contribution >= 0.6 is 0 Å². The van der Waals surface area contributed by atoms with Crippen LogP contribution < -0.4 is 10.5 Å². The largest absolute Gasteiger partial charge is 0.434 e. The predicted octanol–water partition coefficient (Wildman–Crippen LogP) is 2.75. The van der Waals surface area contributed by atoms with Crippen molar-refractivity contribution in [1.82, 2.24) is 19.6 Å². The van der Waals surface area contributed by atoms with Gasteiger partial charge in [-0.05, 0) is 27.2 Å². The third-order valence-electron chi connectivity index (χ3n) is 2.85. The summed E-state index contributed by atoms with van der Waals surface area (Å²) in [6.45, 7) is 8.94. The minimum absolute atomic E-state index is 0.191. The number of hydrogen-bond acceptors (Lipinski definition) is 4. The molecule has 0 amide bonds. The summed E-state index contributed by atoms with van der Waals surface area (Å²) in [5.74, 6) is 1.27. The number of hydrogen-bond donors (Lipinski definition) is 1. The number of rotatable bonds is 5. The van der Waals surface area contributed by atoms with Crippen LogP contribution in [0.1, 0.15) is 38.9 Å². The lowest BCUT2D eigenvalue weighted by Crippen LogP contribution is -2.05. The maximum atomic E-state index is 6.02. The van der Waals surface area contributed by atoms with E-state index in [0.29, 0.717) is 17.3 Å². The molecule has 2 rings (SSSR count). The molecule has 2 aromatic rings. The number of aromatic nitrogens is 4.